The van der Waals surface area contributed by atoms with Crippen LogP contribution in [0.2, 0.25) is 0 Å². The van der Waals surface area contributed by atoms with Gasteiger partial charge in [-0.2, -0.15) is 0 Å². The number of hydrogen-bond donors (Lipinski definition) is 2. The second-order valence-electron chi connectivity index (χ2n) is 4.66. The fourth-order valence-corrected chi connectivity index (χ4v) is 1.93. The fourth-order valence-electron chi connectivity index (χ4n) is 1.93. The van der Waals surface area contributed by atoms with E-state index in [1.54, 1.807) is 25.4 Å². The molecule has 0 saturated heterocycles. The standard InChI is InChI=1S/C17H19N3O2/c1-2-15(18)17(21)22-11-5-8-13-6-3-4-7-14(13)12-16-19-9-10-20-16/h2-10H,11-12,18H2,1H3,(H,19,20)/b8-5?,15-2-. The highest BCUT2D eigenvalue weighted by Gasteiger charge is 2.04. The molecular formula is C17H19N3O2. The van der Waals surface area contributed by atoms with Gasteiger partial charge in [-0.1, -0.05) is 36.4 Å². The molecule has 0 fully saturated rings. The van der Waals surface area contributed by atoms with Gasteiger partial charge in [0.05, 0.1) is 0 Å². The number of imidazole rings is 1. The first-order valence-corrected chi connectivity index (χ1v) is 7.02. The highest BCUT2D eigenvalue weighted by molar-refractivity contribution is 5.87. The molecule has 3 N–H and O–H groups in total. The summed E-state index contributed by atoms with van der Waals surface area (Å²) in [6, 6.07) is 8.01. The van der Waals surface area contributed by atoms with Crippen LogP contribution in [0.1, 0.15) is 23.9 Å². The first-order valence-electron chi connectivity index (χ1n) is 7.02. The first-order chi connectivity index (χ1) is 10.7. The number of carbonyl (C=O) groups excluding carboxylic acids is 1. The predicted molar refractivity (Wildman–Crippen MR) is 85.8 cm³/mol. The Morgan fingerprint density at radius 1 is 1.41 bits per heavy atom. The second kappa shape index (κ2) is 7.83. The zero-order valence-electron chi connectivity index (χ0n) is 12.5. The average Bonchev–Trinajstić information content (AvgIpc) is 3.05. The van der Waals surface area contributed by atoms with Crippen molar-refractivity contribution in [3.63, 3.8) is 0 Å². The molecule has 22 heavy (non-hydrogen) atoms. The SMILES string of the molecule is C/C=C(\N)C(=O)OCC=Cc1ccccc1Cc1ncc[nH]1. The zero-order chi connectivity index (χ0) is 15.8. The number of aromatic nitrogens is 2. The Hall–Kier alpha value is -2.82. The van der Waals surface area contributed by atoms with Gasteiger partial charge in [0, 0.05) is 18.8 Å². The number of aromatic amines is 1. The normalized spacial score (nSPS) is 11.8. The highest BCUT2D eigenvalue weighted by Crippen LogP contribution is 2.14. The number of esters is 1. The summed E-state index contributed by atoms with van der Waals surface area (Å²) in [4.78, 5) is 18.7. The van der Waals surface area contributed by atoms with E-state index in [-0.39, 0.29) is 12.3 Å². The second-order valence-corrected chi connectivity index (χ2v) is 4.66. The van der Waals surface area contributed by atoms with Gasteiger partial charge in [0.25, 0.3) is 0 Å². The summed E-state index contributed by atoms with van der Waals surface area (Å²) in [5.41, 5.74) is 7.79. The maximum atomic E-state index is 11.4. The van der Waals surface area contributed by atoms with E-state index >= 15 is 0 Å². The maximum absolute atomic E-state index is 11.4. The van der Waals surface area contributed by atoms with Crippen LogP contribution in [-0.4, -0.2) is 22.5 Å². The van der Waals surface area contributed by atoms with E-state index in [9.17, 15) is 4.79 Å². The van der Waals surface area contributed by atoms with Crippen molar-refractivity contribution in [1.82, 2.24) is 9.97 Å². The van der Waals surface area contributed by atoms with Gasteiger partial charge in [-0.05, 0) is 24.1 Å². The van der Waals surface area contributed by atoms with Crippen molar-refractivity contribution in [3.8, 4) is 0 Å². The van der Waals surface area contributed by atoms with Gasteiger partial charge in [-0.3, -0.25) is 0 Å². The minimum absolute atomic E-state index is 0.117. The van der Waals surface area contributed by atoms with Crippen molar-refractivity contribution in [3.05, 3.63) is 71.5 Å². The van der Waals surface area contributed by atoms with E-state index in [0.717, 1.165) is 23.4 Å². The Bertz CT molecular complexity index is 673. The fraction of sp³-hybridized carbons (Fsp3) is 0.176. The lowest BCUT2D eigenvalue weighted by molar-refractivity contribution is -0.137. The third-order valence-corrected chi connectivity index (χ3v) is 3.12. The number of nitrogens with two attached hydrogens (primary N) is 1. The molecule has 0 radical (unpaired) electrons. The van der Waals surface area contributed by atoms with Crippen LogP contribution in [0.5, 0.6) is 0 Å². The van der Waals surface area contributed by atoms with Crippen LogP contribution >= 0.6 is 0 Å². The highest BCUT2D eigenvalue weighted by atomic mass is 16.5. The third kappa shape index (κ3) is 4.34. The molecule has 114 valence electrons. The lowest BCUT2D eigenvalue weighted by Gasteiger charge is -2.04. The number of nitrogens with one attached hydrogen (secondary N) is 1. The predicted octanol–water partition coefficient (Wildman–Crippen LogP) is 2.42. The Morgan fingerprint density at radius 2 is 2.23 bits per heavy atom. The lowest BCUT2D eigenvalue weighted by Crippen LogP contribution is -2.14. The lowest BCUT2D eigenvalue weighted by atomic mass is 10.0. The van der Waals surface area contributed by atoms with Gasteiger partial charge in [0.15, 0.2) is 0 Å². The Morgan fingerprint density at radius 3 is 2.95 bits per heavy atom. The van der Waals surface area contributed by atoms with Crippen LogP contribution in [-0.2, 0) is 16.0 Å². The van der Waals surface area contributed by atoms with Crippen LogP contribution in [0.25, 0.3) is 6.08 Å². The monoisotopic (exact) mass is 297 g/mol. The molecule has 1 aromatic carbocycles. The smallest absolute Gasteiger partial charge is 0.354 e. The zero-order valence-corrected chi connectivity index (χ0v) is 12.5. The molecule has 0 spiro atoms. The summed E-state index contributed by atoms with van der Waals surface area (Å²) in [5, 5.41) is 0. The summed E-state index contributed by atoms with van der Waals surface area (Å²) < 4.78 is 5.02. The topological polar surface area (TPSA) is 81.0 Å². The van der Waals surface area contributed by atoms with Gasteiger partial charge in [-0.15, -0.1) is 0 Å². The molecule has 0 amide bonds. The molecule has 0 atom stereocenters. The summed E-state index contributed by atoms with van der Waals surface area (Å²) >= 11 is 0. The van der Waals surface area contributed by atoms with Crippen LogP contribution in [0.3, 0.4) is 0 Å². The Kier molecular flexibility index (Phi) is 5.54. The van der Waals surface area contributed by atoms with Crippen LogP contribution in [0.15, 0.2) is 54.5 Å². The number of allylic oxidation sites excluding steroid dienone is 1. The summed E-state index contributed by atoms with van der Waals surface area (Å²) in [6.07, 6.45) is 9.50. The Balaban J connectivity index is 1.97. The van der Waals surface area contributed by atoms with E-state index < -0.39 is 5.97 Å². The maximum Gasteiger partial charge on any atom is 0.354 e. The van der Waals surface area contributed by atoms with Crippen molar-refractivity contribution in [1.29, 1.82) is 0 Å². The third-order valence-electron chi connectivity index (χ3n) is 3.12. The molecule has 0 aliphatic rings. The number of ether oxygens (including phenoxy) is 1. The minimum atomic E-state index is -0.504. The van der Waals surface area contributed by atoms with E-state index in [2.05, 4.69) is 9.97 Å². The number of carbonyl (C=O) groups is 1. The molecule has 0 aliphatic carbocycles. The number of hydrogen-bond acceptors (Lipinski definition) is 4. The molecule has 0 saturated carbocycles. The van der Waals surface area contributed by atoms with Crippen LogP contribution in [0.4, 0.5) is 0 Å². The quantitative estimate of drug-likeness (QED) is 0.634. The molecule has 0 aliphatic heterocycles. The largest absolute Gasteiger partial charge is 0.457 e. The molecule has 0 unspecified atom stereocenters. The number of nitrogens with zero attached hydrogens (tertiary/aromatic N) is 1. The average molecular weight is 297 g/mol. The molecule has 2 aromatic rings. The molecule has 1 aromatic heterocycles. The van der Waals surface area contributed by atoms with Crippen molar-refractivity contribution in [2.45, 2.75) is 13.3 Å². The van der Waals surface area contributed by atoms with Crippen molar-refractivity contribution in [2.75, 3.05) is 6.61 Å². The minimum Gasteiger partial charge on any atom is -0.457 e. The van der Waals surface area contributed by atoms with Gasteiger partial charge in [0.2, 0.25) is 0 Å². The van der Waals surface area contributed by atoms with E-state index in [4.69, 9.17) is 10.5 Å². The van der Waals surface area contributed by atoms with Crippen molar-refractivity contribution in [2.24, 2.45) is 5.73 Å². The van der Waals surface area contributed by atoms with E-state index in [0.29, 0.717) is 0 Å². The van der Waals surface area contributed by atoms with Gasteiger partial charge in [-0.25, -0.2) is 9.78 Å². The molecular weight excluding hydrogens is 278 g/mol. The van der Waals surface area contributed by atoms with Gasteiger partial charge < -0.3 is 15.5 Å². The molecule has 5 nitrogen and oxygen atoms in total. The van der Waals surface area contributed by atoms with Crippen LogP contribution < -0.4 is 5.73 Å². The van der Waals surface area contributed by atoms with E-state index in [1.807, 2.05) is 30.3 Å². The summed E-state index contributed by atoms with van der Waals surface area (Å²) in [5.74, 6) is 0.407. The van der Waals surface area contributed by atoms with Gasteiger partial charge >= 0.3 is 5.97 Å². The van der Waals surface area contributed by atoms with E-state index in [1.165, 1.54) is 6.08 Å². The van der Waals surface area contributed by atoms with Gasteiger partial charge in [0.1, 0.15) is 18.1 Å². The molecule has 0 bridgehead atoms. The molecule has 1 heterocycles. The molecule has 2 rings (SSSR count). The first kappa shape index (κ1) is 15.6. The van der Waals surface area contributed by atoms with Crippen molar-refractivity contribution < 1.29 is 9.53 Å². The van der Waals surface area contributed by atoms with Crippen molar-refractivity contribution >= 4 is 12.0 Å². The number of benzene rings is 1. The number of rotatable bonds is 6. The summed E-state index contributed by atoms with van der Waals surface area (Å²) in [7, 11) is 0. The van der Waals surface area contributed by atoms with Crippen LogP contribution in [0, 0.1) is 0 Å². The molecule has 5 heteroatoms. The Labute approximate surface area is 129 Å². The number of H-pyrrole nitrogens is 1. The summed E-state index contributed by atoms with van der Waals surface area (Å²) in [6.45, 7) is 1.87.